The van der Waals surface area contributed by atoms with E-state index >= 15 is 0 Å². The summed E-state index contributed by atoms with van der Waals surface area (Å²) in [4.78, 5) is 37.4. The Balaban J connectivity index is 2.39. The SMILES string of the molecule is CC(C)OC(=O)C(C)N1C(=O)COc2ccc(C(=O)CCl)cc21. The molecule has 1 atom stereocenters. The number of hydrogen-bond acceptors (Lipinski definition) is 5. The van der Waals surface area contributed by atoms with Crippen molar-refractivity contribution in [1.29, 1.82) is 0 Å². The number of ketones is 1. The molecule has 1 aromatic rings. The third-order valence-electron chi connectivity index (χ3n) is 3.36. The van der Waals surface area contributed by atoms with Crippen molar-refractivity contribution >= 4 is 34.9 Å². The van der Waals surface area contributed by atoms with Gasteiger partial charge in [-0.15, -0.1) is 11.6 Å². The van der Waals surface area contributed by atoms with E-state index in [2.05, 4.69) is 0 Å². The Morgan fingerprint density at radius 3 is 2.65 bits per heavy atom. The Labute approximate surface area is 139 Å². The molecule has 0 aliphatic carbocycles. The molecule has 1 aromatic carbocycles. The van der Waals surface area contributed by atoms with Gasteiger partial charge in [0.1, 0.15) is 11.8 Å². The number of alkyl halides is 1. The predicted molar refractivity (Wildman–Crippen MR) is 85.2 cm³/mol. The molecule has 1 aliphatic heterocycles. The number of halogens is 1. The lowest BCUT2D eigenvalue weighted by Gasteiger charge is -2.33. The van der Waals surface area contributed by atoms with Gasteiger partial charge in [-0.2, -0.15) is 0 Å². The molecule has 0 bridgehead atoms. The molecule has 0 radical (unpaired) electrons. The summed E-state index contributed by atoms with van der Waals surface area (Å²) in [6.07, 6.45) is -0.287. The second-order valence-electron chi connectivity index (χ2n) is 5.45. The van der Waals surface area contributed by atoms with E-state index < -0.39 is 12.0 Å². The van der Waals surface area contributed by atoms with E-state index in [1.807, 2.05) is 0 Å². The highest BCUT2D eigenvalue weighted by Crippen LogP contribution is 2.34. The zero-order valence-corrected chi connectivity index (χ0v) is 13.9. The number of amides is 1. The van der Waals surface area contributed by atoms with Gasteiger partial charge in [-0.1, -0.05) is 0 Å². The summed E-state index contributed by atoms with van der Waals surface area (Å²) in [5.41, 5.74) is 0.719. The van der Waals surface area contributed by atoms with Crippen molar-refractivity contribution in [2.75, 3.05) is 17.4 Å². The first kappa shape index (κ1) is 17.3. The molecule has 1 amide bonds. The van der Waals surface area contributed by atoms with Gasteiger partial charge in [0.05, 0.1) is 17.7 Å². The monoisotopic (exact) mass is 339 g/mol. The van der Waals surface area contributed by atoms with Crippen LogP contribution in [-0.2, 0) is 14.3 Å². The van der Waals surface area contributed by atoms with Gasteiger partial charge in [-0.3, -0.25) is 14.5 Å². The maximum Gasteiger partial charge on any atom is 0.329 e. The smallest absolute Gasteiger partial charge is 0.329 e. The molecule has 0 N–H and O–H groups in total. The standard InChI is InChI=1S/C16H18ClNO5/c1-9(2)23-16(21)10(3)18-12-6-11(13(19)7-17)4-5-14(12)22-8-15(18)20/h4-6,9-10H,7-8H2,1-3H3. The first-order chi connectivity index (χ1) is 10.8. The van der Waals surface area contributed by atoms with Gasteiger partial charge in [-0.25, -0.2) is 4.79 Å². The van der Waals surface area contributed by atoms with E-state index in [1.165, 1.54) is 11.0 Å². The molecule has 1 unspecified atom stereocenters. The van der Waals surface area contributed by atoms with Crippen LogP contribution in [0.15, 0.2) is 18.2 Å². The van der Waals surface area contributed by atoms with Crippen LogP contribution in [0.25, 0.3) is 0 Å². The van der Waals surface area contributed by atoms with Crippen molar-refractivity contribution in [1.82, 2.24) is 0 Å². The van der Waals surface area contributed by atoms with E-state index in [1.54, 1.807) is 32.9 Å². The molecule has 0 saturated carbocycles. The van der Waals surface area contributed by atoms with Crippen molar-refractivity contribution in [3.8, 4) is 5.75 Å². The third kappa shape index (κ3) is 3.64. The van der Waals surface area contributed by atoms with E-state index in [9.17, 15) is 14.4 Å². The minimum absolute atomic E-state index is 0.168. The molecule has 0 saturated heterocycles. The lowest BCUT2D eigenvalue weighted by atomic mass is 10.1. The lowest BCUT2D eigenvalue weighted by molar-refractivity contribution is -0.149. The molecule has 1 aliphatic rings. The van der Waals surface area contributed by atoms with Gasteiger partial charge in [0, 0.05) is 5.56 Å². The molecular formula is C16H18ClNO5. The number of carbonyl (C=O) groups is 3. The number of anilines is 1. The summed E-state index contributed by atoms with van der Waals surface area (Å²) in [5, 5.41) is 0. The van der Waals surface area contributed by atoms with Crippen LogP contribution >= 0.6 is 11.6 Å². The van der Waals surface area contributed by atoms with Crippen molar-refractivity contribution in [2.24, 2.45) is 0 Å². The van der Waals surface area contributed by atoms with Crippen LogP contribution < -0.4 is 9.64 Å². The highest BCUT2D eigenvalue weighted by Gasteiger charge is 2.34. The average Bonchev–Trinajstić information content (AvgIpc) is 2.52. The van der Waals surface area contributed by atoms with Gasteiger partial charge in [0.15, 0.2) is 12.4 Å². The van der Waals surface area contributed by atoms with Crippen LogP contribution in [0, 0.1) is 0 Å². The van der Waals surface area contributed by atoms with Crippen molar-refractivity contribution < 1.29 is 23.9 Å². The second kappa shape index (κ2) is 7.00. The highest BCUT2D eigenvalue weighted by atomic mass is 35.5. The summed E-state index contributed by atoms with van der Waals surface area (Å²) in [5.74, 6) is -0.903. The number of ether oxygens (including phenoxy) is 2. The van der Waals surface area contributed by atoms with Crippen LogP contribution in [0.3, 0.4) is 0 Å². The van der Waals surface area contributed by atoms with Crippen molar-refractivity contribution in [3.05, 3.63) is 23.8 Å². The number of Topliss-reactive ketones (excluding diaryl/α,β-unsaturated/α-hetero) is 1. The summed E-state index contributed by atoms with van der Waals surface area (Å²) >= 11 is 5.57. The number of rotatable bonds is 5. The fourth-order valence-corrected chi connectivity index (χ4v) is 2.44. The van der Waals surface area contributed by atoms with Crippen molar-refractivity contribution in [2.45, 2.75) is 32.9 Å². The van der Waals surface area contributed by atoms with Crippen LogP contribution in [0.4, 0.5) is 5.69 Å². The molecule has 1 heterocycles. The molecule has 0 aromatic heterocycles. The molecule has 23 heavy (non-hydrogen) atoms. The van der Waals surface area contributed by atoms with E-state index in [-0.39, 0.29) is 30.3 Å². The normalized spacial score (nSPS) is 15.0. The van der Waals surface area contributed by atoms with Gasteiger partial charge in [0.2, 0.25) is 0 Å². The van der Waals surface area contributed by atoms with Gasteiger partial charge >= 0.3 is 5.97 Å². The Morgan fingerprint density at radius 1 is 1.35 bits per heavy atom. The quantitative estimate of drug-likeness (QED) is 0.467. The fourth-order valence-electron chi connectivity index (χ4n) is 2.28. The van der Waals surface area contributed by atoms with E-state index in [0.717, 1.165) is 0 Å². The topological polar surface area (TPSA) is 72.9 Å². The molecule has 2 rings (SSSR count). The number of esters is 1. The minimum atomic E-state index is -0.825. The zero-order valence-electron chi connectivity index (χ0n) is 13.2. The zero-order chi connectivity index (χ0) is 17.1. The molecule has 6 nitrogen and oxygen atoms in total. The van der Waals surface area contributed by atoms with E-state index in [4.69, 9.17) is 21.1 Å². The van der Waals surface area contributed by atoms with Crippen molar-refractivity contribution in [3.63, 3.8) is 0 Å². The first-order valence-electron chi connectivity index (χ1n) is 7.23. The van der Waals surface area contributed by atoms with Crippen LogP contribution in [-0.4, -0.2) is 42.3 Å². The molecule has 0 spiro atoms. The Morgan fingerprint density at radius 2 is 2.04 bits per heavy atom. The Kier molecular flexibility index (Phi) is 5.26. The molecule has 7 heteroatoms. The largest absolute Gasteiger partial charge is 0.482 e. The number of hydrogen-bond donors (Lipinski definition) is 0. The van der Waals surface area contributed by atoms with Crippen LogP contribution in [0.2, 0.25) is 0 Å². The maximum absolute atomic E-state index is 12.2. The molecule has 0 fully saturated rings. The van der Waals surface area contributed by atoms with E-state index in [0.29, 0.717) is 17.0 Å². The number of carbonyl (C=O) groups excluding carboxylic acids is 3. The van der Waals surface area contributed by atoms with Gasteiger partial charge < -0.3 is 9.47 Å². The number of fused-ring (bicyclic) bond motifs is 1. The summed E-state index contributed by atoms with van der Waals surface area (Å²) in [6, 6.07) is 3.86. The molecule has 124 valence electrons. The lowest BCUT2D eigenvalue weighted by Crippen LogP contribution is -2.49. The number of nitrogens with zero attached hydrogens (tertiary/aromatic N) is 1. The Bertz CT molecular complexity index is 643. The summed E-state index contributed by atoms with van der Waals surface area (Å²) < 4.78 is 10.5. The van der Waals surface area contributed by atoms with Crippen LogP contribution in [0.5, 0.6) is 5.75 Å². The van der Waals surface area contributed by atoms with Gasteiger partial charge in [0.25, 0.3) is 5.91 Å². The average molecular weight is 340 g/mol. The minimum Gasteiger partial charge on any atom is -0.482 e. The first-order valence-corrected chi connectivity index (χ1v) is 7.77. The second-order valence-corrected chi connectivity index (χ2v) is 5.72. The van der Waals surface area contributed by atoms with Gasteiger partial charge in [-0.05, 0) is 39.0 Å². The highest BCUT2D eigenvalue weighted by molar-refractivity contribution is 6.30. The van der Waals surface area contributed by atoms with Crippen LogP contribution in [0.1, 0.15) is 31.1 Å². The summed E-state index contributed by atoms with van der Waals surface area (Å²) in [6.45, 7) is 4.87. The maximum atomic E-state index is 12.2. The Hall–Kier alpha value is -2.08. The summed E-state index contributed by atoms with van der Waals surface area (Å²) in [7, 11) is 0. The predicted octanol–water partition coefficient (Wildman–Crippen LogP) is 2.17. The molecular weight excluding hydrogens is 322 g/mol. The number of benzene rings is 1. The third-order valence-corrected chi connectivity index (χ3v) is 3.60. The fraction of sp³-hybridized carbons (Fsp3) is 0.438.